The summed E-state index contributed by atoms with van der Waals surface area (Å²) >= 11 is 1.81. The van der Waals surface area contributed by atoms with Crippen LogP contribution in [0.4, 0.5) is 0 Å². The molecule has 0 radical (unpaired) electrons. The number of aromatic nitrogens is 2. The van der Waals surface area contributed by atoms with Crippen LogP contribution in [0.5, 0.6) is 0 Å². The summed E-state index contributed by atoms with van der Waals surface area (Å²) in [6.07, 6.45) is 4.70. The topological polar surface area (TPSA) is 55.9 Å². The van der Waals surface area contributed by atoms with Crippen molar-refractivity contribution in [2.75, 3.05) is 5.75 Å². The molecule has 1 unspecified atom stereocenters. The second-order valence-electron chi connectivity index (χ2n) is 4.32. The molecule has 1 aromatic carbocycles. The van der Waals surface area contributed by atoms with Gasteiger partial charge in [0.1, 0.15) is 5.82 Å². The number of thioether (sulfide) groups is 1. The van der Waals surface area contributed by atoms with Gasteiger partial charge in [-0.15, -0.1) is 11.8 Å². The number of hydrogen-bond donors (Lipinski definition) is 2. The van der Waals surface area contributed by atoms with Crippen molar-refractivity contribution in [3.05, 3.63) is 48.5 Å². The fourth-order valence-corrected chi connectivity index (χ4v) is 2.88. The van der Waals surface area contributed by atoms with E-state index >= 15 is 0 Å². The molecule has 0 amide bonds. The molecule has 5 heteroatoms. The van der Waals surface area contributed by atoms with Gasteiger partial charge in [-0.25, -0.2) is 4.98 Å². The van der Waals surface area contributed by atoms with Crippen molar-refractivity contribution in [2.24, 2.45) is 5.84 Å². The van der Waals surface area contributed by atoms with E-state index in [1.165, 1.54) is 4.90 Å². The average Bonchev–Trinajstić information content (AvgIpc) is 2.91. The Morgan fingerprint density at radius 2 is 2.16 bits per heavy atom. The molecule has 1 aromatic heterocycles. The maximum atomic E-state index is 5.64. The molecular formula is C14H20N4S. The summed E-state index contributed by atoms with van der Waals surface area (Å²) in [5.41, 5.74) is 2.89. The van der Waals surface area contributed by atoms with Crippen LogP contribution in [0.1, 0.15) is 12.7 Å². The minimum Gasteiger partial charge on any atom is -0.335 e. The van der Waals surface area contributed by atoms with Crippen LogP contribution in [-0.2, 0) is 13.0 Å². The van der Waals surface area contributed by atoms with Gasteiger partial charge in [0.05, 0.1) is 0 Å². The molecule has 1 heterocycles. The number of benzene rings is 1. The molecule has 3 N–H and O–H groups in total. The predicted molar refractivity (Wildman–Crippen MR) is 79.9 cm³/mol. The number of hydrazine groups is 1. The molecule has 2 aromatic rings. The van der Waals surface area contributed by atoms with Gasteiger partial charge >= 0.3 is 0 Å². The van der Waals surface area contributed by atoms with Crippen molar-refractivity contribution in [3.63, 3.8) is 0 Å². The van der Waals surface area contributed by atoms with E-state index in [4.69, 9.17) is 5.84 Å². The van der Waals surface area contributed by atoms with E-state index in [-0.39, 0.29) is 6.04 Å². The first-order valence-electron chi connectivity index (χ1n) is 6.47. The Labute approximate surface area is 118 Å². The largest absolute Gasteiger partial charge is 0.335 e. The van der Waals surface area contributed by atoms with Crippen molar-refractivity contribution in [3.8, 4) is 0 Å². The number of aryl methyl sites for hydroxylation is 1. The van der Waals surface area contributed by atoms with E-state index < -0.39 is 0 Å². The van der Waals surface area contributed by atoms with Gasteiger partial charge in [0.25, 0.3) is 0 Å². The van der Waals surface area contributed by atoms with Crippen LogP contribution in [-0.4, -0.2) is 21.3 Å². The monoisotopic (exact) mass is 276 g/mol. The van der Waals surface area contributed by atoms with E-state index in [1.807, 2.05) is 30.2 Å². The third-order valence-corrected chi connectivity index (χ3v) is 4.18. The normalized spacial score (nSPS) is 12.5. The quantitative estimate of drug-likeness (QED) is 0.462. The molecule has 0 spiro atoms. The van der Waals surface area contributed by atoms with Crippen molar-refractivity contribution in [1.29, 1.82) is 0 Å². The van der Waals surface area contributed by atoms with Gasteiger partial charge in [-0.05, 0) is 19.1 Å². The molecule has 19 heavy (non-hydrogen) atoms. The molecule has 4 nitrogen and oxygen atoms in total. The molecule has 2 rings (SSSR count). The van der Waals surface area contributed by atoms with E-state index in [9.17, 15) is 0 Å². The number of imidazole rings is 1. The molecule has 0 bridgehead atoms. The smallest absolute Gasteiger partial charge is 0.110 e. The molecular weight excluding hydrogens is 256 g/mol. The standard InChI is InChI=1S/C14H20N4S/c1-2-18-9-8-16-14(18)10-12(17-15)11-19-13-6-4-3-5-7-13/h3-9,12,17H,2,10-11,15H2,1H3. The first-order chi connectivity index (χ1) is 9.33. The van der Waals surface area contributed by atoms with Gasteiger partial charge in [-0.2, -0.15) is 0 Å². The first kappa shape index (κ1) is 14.1. The lowest BCUT2D eigenvalue weighted by molar-refractivity contribution is 0.543. The van der Waals surface area contributed by atoms with Gasteiger partial charge in [0.15, 0.2) is 0 Å². The third-order valence-electron chi connectivity index (χ3n) is 3.00. The minimum absolute atomic E-state index is 0.220. The summed E-state index contributed by atoms with van der Waals surface area (Å²) in [7, 11) is 0. The highest BCUT2D eigenvalue weighted by Gasteiger charge is 2.11. The Balaban J connectivity index is 1.90. The Hall–Kier alpha value is -1.30. The van der Waals surface area contributed by atoms with Crippen molar-refractivity contribution < 1.29 is 0 Å². The lowest BCUT2D eigenvalue weighted by Gasteiger charge is -2.15. The van der Waals surface area contributed by atoms with Crippen molar-refractivity contribution >= 4 is 11.8 Å². The lowest BCUT2D eigenvalue weighted by atomic mass is 10.2. The fourth-order valence-electron chi connectivity index (χ4n) is 1.92. The van der Waals surface area contributed by atoms with Crippen LogP contribution < -0.4 is 11.3 Å². The predicted octanol–water partition coefficient (Wildman–Crippen LogP) is 2.07. The second kappa shape index (κ2) is 7.33. The molecule has 0 aliphatic rings. The van der Waals surface area contributed by atoms with Gasteiger partial charge < -0.3 is 4.57 Å². The lowest BCUT2D eigenvalue weighted by Crippen LogP contribution is -2.39. The number of nitrogens with zero attached hydrogens (tertiary/aromatic N) is 2. The van der Waals surface area contributed by atoms with E-state index in [0.717, 1.165) is 24.5 Å². The molecule has 0 saturated carbocycles. The van der Waals surface area contributed by atoms with E-state index in [1.54, 1.807) is 0 Å². The second-order valence-corrected chi connectivity index (χ2v) is 5.41. The minimum atomic E-state index is 0.220. The number of nitrogens with two attached hydrogens (primary N) is 1. The van der Waals surface area contributed by atoms with Crippen LogP contribution in [0, 0.1) is 0 Å². The van der Waals surface area contributed by atoms with Crippen molar-refractivity contribution in [1.82, 2.24) is 15.0 Å². The molecule has 1 atom stereocenters. The zero-order valence-electron chi connectivity index (χ0n) is 11.1. The molecule has 0 fully saturated rings. The highest BCUT2D eigenvalue weighted by Crippen LogP contribution is 2.18. The molecule has 0 aliphatic heterocycles. The Bertz CT molecular complexity index is 483. The van der Waals surface area contributed by atoms with Gasteiger partial charge in [-0.1, -0.05) is 18.2 Å². The molecule has 102 valence electrons. The van der Waals surface area contributed by atoms with Crippen LogP contribution in [0.15, 0.2) is 47.6 Å². The van der Waals surface area contributed by atoms with Crippen LogP contribution in [0.25, 0.3) is 0 Å². The SMILES string of the molecule is CCn1ccnc1CC(CSc1ccccc1)NN. The zero-order chi connectivity index (χ0) is 13.5. The van der Waals surface area contributed by atoms with Gasteiger partial charge in [0, 0.05) is 42.0 Å². The van der Waals surface area contributed by atoms with E-state index in [0.29, 0.717) is 0 Å². The van der Waals surface area contributed by atoms with Crippen LogP contribution in [0.3, 0.4) is 0 Å². The average molecular weight is 276 g/mol. The van der Waals surface area contributed by atoms with Crippen LogP contribution >= 0.6 is 11.8 Å². The molecule has 0 saturated heterocycles. The molecule has 0 aliphatic carbocycles. The number of nitrogens with one attached hydrogen (secondary N) is 1. The summed E-state index contributed by atoms with van der Waals surface area (Å²) in [6.45, 7) is 3.06. The zero-order valence-corrected chi connectivity index (χ0v) is 11.9. The Morgan fingerprint density at radius 1 is 1.37 bits per heavy atom. The first-order valence-corrected chi connectivity index (χ1v) is 7.46. The highest BCUT2D eigenvalue weighted by molar-refractivity contribution is 7.99. The number of hydrogen-bond acceptors (Lipinski definition) is 4. The van der Waals surface area contributed by atoms with Crippen LogP contribution in [0.2, 0.25) is 0 Å². The summed E-state index contributed by atoms with van der Waals surface area (Å²) in [4.78, 5) is 5.65. The van der Waals surface area contributed by atoms with E-state index in [2.05, 4.69) is 46.2 Å². The third kappa shape index (κ3) is 4.09. The summed E-state index contributed by atoms with van der Waals surface area (Å²) < 4.78 is 2.15. The van der Waals surface area contributed by atoms with Gasteiger partial charge in [0.2, 0.25) is 0 Å². The highest BCUT2D eigenvalue weighted by atomic mass is 32.2. The number of rotatable bonds is 7. The Morgan fingerprint density at radius 3 is 2.84 bits per heavy atom. The summed E-state index contributed by atoms with van der Waals surface area (Å²) in [5, 5.41) is 0. The summed E-state index contributed by atoms with van der Waals surface area (Å²) in [5.74, 6) is 7.65. The summed E-state index contributed by atoms with van der Waals surface area (Å²) in [6, 6.07) is 10.6. The van der Waals surface area contributed by atoms with Crippen molar-refractivity contribution in [2.45, 2.75) is 30.8 Å². The fraction of sp³-hybridized carbons (Fsp3) is 0.357. The maximum Gasteiger partial charge on any atom is 0.110 e. The van der Waals surface area contributed by atoms with Gasteiger partial charge in [-0.3, -0.25) is 11.3 Å². The maximum absolute atomic E-state index is 5.64. The Kier molecular flexibility index (Phi) is 5.44.